The van der Waals surface area contributed by atoms with Crippen LogP contribution in [0.4, 0.5) is 0 Å². The largest absolute Gasteiger partial charge is 0.313 e. The first kappa shape index (κ1) is 9.69. The van der Waals surface area contributed by atoms with Crippen molar-refractivity contribution >= 4 is 0 Å². The minimum atomic E-state index is 0.827. The third-order valence-electron chi connectivity index (χ3n) is 2.48. The highest BCUT2D eigenvalue weighted by atomic mass is 15.0. The third-order valence-corrected chi connectivity index (χ3v) is 2.48. The van der Waals surface area contributed by atoms with E-state index in [4.69, 9.17) is 0 Å². The summed E-state index contributed by atoms with van der Waals surface area (Å²) in [4.78, 5) is 0. The maximum absolute atomic E-state index is 3.48. The summed E-state index contributed by atoms with van der Waals surface area (Å²) >= 11 is 0. The van der Waals surface area contributed by atoms with Gasteiger partial charge in [-0.3, -0.25) is 0 Å². The summed E-state index contributed by atoms with van der Waals surface area (Å²) in [7, 11) is 0. The molecule has 1 aliphatic rings. The highest BCUT2D eigenvalue weighted by Gasteiger charge is 2.19. The van der Waals surface area contributed by atoms with Crippen LogP contribution in [-0.4, -0.2) is 19.1 Å². The molecule has 1 saturated carbocycles. The van der Waals surface area contributed by atoms with Gasteiger partial charge in [0.1, 0.15) is 0 Å². The van der Waals surface area contributed by atoms with E-state index in [0.29, 0.717) is 0 Å². The van der Waals surface area contributed by atoms with E-state index in [0.717, 1.165) is 25.7 Å². The maximum Gasteiger partial charge on any atom is 0.0206 e. The Bertz CT molecular complexity index is 254. The van der Waals surface area contributed by atoms with E-state index in [1.54, 1.807) is 0 Å². The molecular formula is C12H18N2. The van der Waals surface area contributed by atoms with E-state index < -0.39 is 0 Å². The monoisotopic (exact) mass is 190 g/mol. The lowest BCUT2D eigenvalue weighted by atomic mass is 10.2. The van der Waals surface area contributed by atoms with Gasteiger partial charge in [0.05, 0.1) is 0 Å². The van der Waals surface area contributed by atoms with Crippen LogP contribution in [0.15, 0.2) is 30.3 Å². The van der Waals surface area contributed by atoms with Gasteiger partial charge in [0.25, 0.3) is 0 Å². The highest BCUT2D eigenvalue weighted by Crippen LogP contribution is 2.17. The average molecular weight is 190 g/mol. The van der Waals surface area contributed by atoms with Crippen molar-refractivity contribution in [3.05, 3.63) is 35.9 Å². The summed E-state index contributed by atoms with van der Waals surface area (Å²) in [5.41, 5.74) is 1.36. The molecular weight excluding hydrogens is 172 g/mol. The second-order valence-electron chi connectivity index (χ2n) is 3.89. The van der Waals surface area contributed by atoms with Gasteiger partial charge in [0.15, 0.2) is 0 Å². The molecule has 0 saturated heterocycles. The van der Waals surface area contributed by atoms with Crippen LogP contribution in [0, 0.1) is 0 Å². The number of hydrogen-bond acceptors (Lipinski definition) is 2. The van der Waals surface area contributed by atoms with Gasteiger partial charge in [0, 0.05) is 25.7 Å². The summed E-state index contributed by atoms with van der Waals surface area (Å²) in [6.45, 7) is 3.14. The van der Waals surface area contributed by atoms with Gasteiger partial charge in [-0.1, -0.05) is 30.3 Å². The van der Waals surface area contributed by atoms with Crippen molar-refractivity contribution in [2.45, 2.75) is 25.4 Å². The zero-order chi connectivity index (χ0) is 9.64. The molecule has 0 heterocycles. The molecule has 0 amide bonds. The topological polar surface area (TPSA) is 24.1 Å². The first-order valence-electron chi connectivity index (χ1n) is 5.43. The standard InChI is InChI=1S/C12H18N2/c1-2-4-11(5-3-1)10-13-8-9-14-12-6-7-12/h1-5,12-14H,6-10H2. The van der Waals surface area contributed by atoms with Crippen LogP contribution in [-0.2, 0) is 6.54 Å². The molecule has 0 bridgehead atoms. The average Bonchev–Trinajstić information content (AvgIpc) is 3.03. The fourth-order valence-corrected chi connectivity index (χ4v) is 1.48. The van der Waals surface area contributed by atoms with Crippen molar-refractivity contribution in [3.8, 4) is 0 Å². The normalized spacial score (nSPS) is 15.7. The number of hydrogen-bond donors (Lipinski definition) is 2. The molecule has 2 nitrogen and oxygen atoms in total. The molecule has 0 radical (unpaired) electrons. The Hall–Kier alpha value is -0.860. The Kier molecular flexibility index (Phi) is 3.55. The van der Waals surface area contributed by atoms with Gasteiger partial charge in [-0.25, -0.2) is 0 Å². The summed E-state index contributed by atoms with van der Waals surface area (Å²) in [5.74, 6) is 0. The summed E-state index contributed by atoms with van der Waals surface area (Å²) < 4.78 is 0. The Morgan fingerprint density at radius 2 is 1.86 bits per heavy atom. The molecule has 76 valence electrons. The van der Waals surface area contributed by atoms with E-state index in [-0.39, 0.29) is 0 Å². The second-order valence-corrected chi connectivity index (χ2v) is 3.89. The van der Waals surface area contributed by atoms with Crippen LogP contribution in [0.1, 0.15) is 18.4 Å². The highest BCUT2D eigenvalue weighted by molar-refractivity contribution is 5.14. The first-order valence-corrected chi connectivity index (χ1v) is 5.43. The minimum Gasteiger partial charge on any atom is -0.313 e. The minimum absolute atomic E-state index is 0.827. The maximum atomic E-state index is 3.48. The molecule has 1 fully saturated rings. The lowest BCUT2D eigenvalue weighted by Gasteiger charge is -2.05. The van der Waals surface area contributed by atoms with Gasteiger partial charge >= 0.3 is 0 Å². The van der Waals surface area contributed by atoms with Gasteiger partial charge in [-0.05, 0) is 18.4 Å². The molecule has 1 aromatic rings. The molecule has 0 aliphatic heterocycles. The van der Waals surface area contributed by atoms with Crippen molar-refractivity contribution in [1.29, 1.82) is 0 Å². The molecule has 1 aliphatic carbocycles. The van der Waals surface area contributed by atoms with Crippen LogP contribution in [0.25, 0.3) is 0 Å². The van der Waals surface area contributed by atoms with E-state index in [9.17, 15) is 0 Å². The Morgan fingerprint density at radius 3 is 2.57 bits per heavy atom. The van der Waals surface area contributed by atoms with Crippen molar-refractivity contribution in [1.82, 2.24) is 10.6 Å². The summed E-state index contributed by atoms with van der Waals surface area (Å²) in [6.07, 6.45) is 2.75. The number of nitrogens with one attached hydrogen (secondary N) is 2. The predicted octanol–water partition coefficient (Wildman–Crippen LogP) is 1.53. The fourth-order valence-electron chi connectivity index (χ4n) is 1.48. The molecule has 0 unspecified atom stereocenters. The first-order chi connectivity index (χ1) is 6.95. The molecule has 14 heavy (non-hydrogen) atoms. The van der Waals surface area contributed by atoms with Crippen LogP contribution < -0.4 is 10.6 Å². The third kappa shape index (κ3) is 3.48. The SMILES string of the molecule is c1ccc(CNCCNC2CC2)cc1. The predicted molar refractivity (Wildman–Crippen MR) is 59.2 cm³/mol. The van der Waals surface area contributed by atoms with E-state index in [2.05, 4.69) is 41.0 Å². The zero-order valence-electron chi connectivity index (χ0n) is 8.50. The number of rotatable bonds is 6. The molecule has 1 aromatic carbocycles. The molecule has 0 spiro atoms. The van der Waals surface area contributed by atoms with Crippen LogP contribution in [0.2, 0.25) is 0 Å². The van der Waals surface area contributed by atoms with Crippen molar-refractivity contribution < 1.29 is 0 Å². The molecule has 2 rings (SSSR count). The van der Waals surface area contributed by atoms with Crippen molar-refractivity contribution in [3.63, 3.8) is 0 Å². The van der Waals surface area contributed by atoms with Crippen molar-refractivity contribution in [2.24, 2.45) is 0 Å². The molecule has 2 heteroatoms. The Morgan fingerprint density at radius 1 is 1.07 bits per heavy atom. The fraction of sp³-hybridized carbons (Fsp3) is 0.500. The van der Waals surface area contributed by atoms with E-state index >= 15 is 0 Å². The van der Waals surface area contributed by atoms with Crippen LogP contribution in [0.5, 0.6) is 0 Å². The second kappa shape index (κ2) is 5.13. The Labute approximate surface area is 85.7 Å². The zero-order valence-corrected chi connectivity index (χ0v) is 8.50. The van der Waals surface area contributed by atoms with Gasteiger partial charge in [-0.2, -0.15) is 0 Å². The Balaban J connectivity index is 1.54. The summed E-state index contributed by atoms with van der Waals surface area (Å²) in [6, 6.07) is 11.4. The van der Waals surface area contributed by atoms with E-state index in [1.807, 2.05) is 0 Å². The van der Waals surface area contributed by atoms with E-state index in [1.165, 1.54) is 18.4 Å². The van der Waals surface area contributed by atoms with Crippen molar-refractivity contribution in [2.75, 3.05) is 13.1 Å². The van der Waals surface area contributed by atoms with Crippen LogP contribution in [0.3, 0.4) is 0 Å². The quantitative estimate of drug-likeness (QED) is 0.665. The van der Waals surface area contributed by atoms with Gasteiger partial charge in [0.2, 0.25) is 0 Å². The molecule has 2 N–H and O–H groups in total. The lowest BCUT2D eigenvalue weighted by molar-refractivity contribution is 0.608. The lowest BCUT2D eigenvalue weighted by Crippen LogP contribution is -2.28. The molecule has 0 atom stereocenters. The van der Waals surface area contributed by atoms with Gasteiger partial charge < -0.3 is 10.6 Å². The number of benzene rings is 1. The summed E-state index contributed by atoms with van der Waals surface area (Å²) in [5, 5.41) is 6.90. The van der Waals surface area contributed by atoms with Crippen LogP contribution >= 0.6 is 0 Å². The smallest absolute Gasteiger partial charge is 0.0206 e. The van der Waals surface area contributed by atoms with Gasteiger partial charge in [-0.15, -0.1) is 0 Å². The molecule has 0 aromatic heterocycles.